The Morgan fingerprint density at radius 3 is 2.78 bits per heavy atom. The molecule has 1 unspecified atom stereocenters. The Balaban J connectivity index is 2.05. The quantitative estimate of drug-likeness (QED) is 0.843. The van der Waals surface area contributed by atoms with Gasteiger partial charge in [-0.05, 0) is 12.1 Å². The molecular formula is C12H12ClFN2O2. The van der Waals surface area contributed by atoms with E-state index < -0.39 is 11.9 Å². The molecule has 1 aromatic rings. The van der Waals surface area contributed by atoms with E-state index in [1.807, 2.05) is 0 Å². The maximum Gasteiger partial charge on any atom is 0.246 e. The third-order valence-electron chi connectivity index (χ3n) is 2.97. The van der Waals surface area contributed by atoms with E-state index in [2.05, 4.69) is 5.32 Å². The summed E-state index contributed by atoms with van der Waals surface area (Å²) in [6, 6.07) is 3.80. The minimum atomic E-state index is -0.599. The average molecular weight is 271 g/mol. The summed E-state index contributed by atoms with van der Waals surface area (Å²) in [6.45, 7) is 0.114. The number of imide groups is 1. The van der Waals surface area contributed by atoms with Crippen molar-refractivity contribution >= 4 is 23.4 Å². The molecule has 18 heavy (non-hydrogen) atoms. The number of carbonyl (C=O) groups excluding carboxylic acids is 2. The van der Waals surface area contributed by atoms with Crippen LogP contribution in [0.5, 0.6) is 0 Å². The first kappa shape index (κ1) is 13.0. The first-order valence-corrected chi connectivity index (χ1v) is 5.85. The number of likely N-dealkylation sites (tertiary alicyclic amines) is 1. The Morgan fingerprint density at radius 1 is 1.50 bits per heavy atom. The third-order valence-corrected chi connectivity index (χ3v) is 3.32. The van der Waals surface area contributed by atoms with Crippen molar-refractivity contribution < 1.29 is 14.0 Å². The van der Waals surface area contributed by atoms with Gasteiger partial charge in [0.25, 0.3) is 0 Å². The molecule has 0 bridgehead atoms. The van der Waals surface area contributed by atoms with Crippen LogP contribution >= 0.6 is 11.6 Å². The van der Waals surface area contributed by atoms with Crippen LogP contribution in [-0.4, -0.2) is 29.8 Å². The van der Waals surface area contributed by atoms with Gasteiger partial charge >= 0.3 is 0 Å². The lowest BCUT2D eigenvalue weighted by atomic mass is 10.2. The Kier molecular flexibility index (Phi) is 3.63. The first-order valence-electron chi connectivity index (χ1n) is 5.47. The Labute approximate surface area is 109 Å². The zero-order chi connectivity index (χ0) is 13.3. The number of nitrogens with zero attached hydrogens (tertiary/aromatic N) is 1. The molecule has 96 valence electrons. The molecule has 1 aliphatic heterocycles. The molecule has 1 fully saturated rings. The van der Waals surface area contributed by atoms with E-state index in [-0.39, 0.29) is 24.8 Å². The molecule has 6 heteroatoms. The monoisotopic (exact) mass is 270 g/mol. The lowest BCUT2D eigenvalue weighted by Gasteiger charge is -2.12. The summed E-state index contributed by atoms with van der Waals surface area (Å²) < 4.78 is 13.5. The standard InChI is InChI=1S/C12H12ClFN2O2/c1-16-11(17)5-10(12(16)18)15-6-7-8(13)3-2-4-9(7)14/h2-4,10,15H,5-6H2,1H3. The lowest BCUT2D eigenvalue weighted by molar-refractivity contribution is -0.137. The molecule has 1 N–H and O–H groups in total. The van der Waals surface area contributed by atoms with Gasteiger partial charge in [-0.3, -0.25) is 14.5 Å². The average Bonchev–Trinajstić information content (AvgIpc) is 2.56. The highest BCUT2D eigenvalue weighted by molar-refractivity contribution is 6.31. The summed E-state index contributed by atoms with van der Waals surface area (Å²) in [5.41, 5.74) is 0.300. The maximum atomic E-state index is 13.5. The summed E-state index contributed by atoms with van der Waals surface area (Å²) in [5.74, 6) is -0.968. The van der Waals surface area contributed by atoms with E-state index in [1.165, 1.54) is 19.2 Å². The molecule has 0 aromatic heterocycles. The van der Waals surface area contributed by atoms with Gasteiger partial charge in [0.15, 0.2) is 0 Å². The maximum absolute atomic E-state index is 13.5. The number of hydrogen-bond donors (Lipinski definition) is 1. The minimum absolute atomic E-state index is 0.0986. The van der Waals surface area contributed by atoms with Gasteiger partial charge in [-0.2, -0.15) is 0 Å². The molecule has 0 aliphatic carbocycles. The highest BCUT2D eigenvalue weighted by Gasteiger charge is 2.35. The molecule has 1 aliphatic rings. The van der Waals surface area contributed by atoms with Gasteiger partial charge in [-0.15, -0.1) is 0 Å². The van der Waals surface area contributed by atoms with Crippen molar-refractivity contribution in [3.05, 3.63) is 34.6 Å². The van der Waals surface area contributed by atoms with Crippen LogP contribution < -0.4 is 5.32 Å². The predicted octanol–water partition coefficient (Wildman–Crippen LogP) is 1.33. The number of halogens is 2. The van der Waals surface area contributed by atoms with Crippen LogP contribution in [0, 0.1) is 5.82 Å². The van der Waals surface area contributed by atoms with Crippen molar-refractivity contribution in [2.75, 3.05) is 7.05 Å². The van der Waals surface area contributed by atoms with E-state index in [9.17, 15) is 14.0 Å². The molecule has 1 heterocycles. The van der Waals surface area contributed by atoms with Crippen molar-refractivity contribution in [1.82, 2.24) is 10.2 Å². The summed E-state index contributed by atoms with van der Waals surface area (Å²) in [5, 5.41) is 3.15. The van der Waals surface area contributed by atoms with Crippen LogP contribution in [0.2, 0.25) is 5.02 Å². The zero-order valence-electron chi connectivity index (χ0n) is 9.74. The summed E-state index contributed by atoms with van der Waals surface area (Å²) in [4.78, 5) is 24.0. The third kappa shape index (κ3) is 2.37. The number of nitrogens with one attached hydrogen (secondary N) is 1. The van der Waals surface area contributed by atoms with Gasteiger partial charge in [0.1, 0.15) is 5.82 Å². The predicted molar refractivity (Wildman–Crippen MR) is 64.4 cm³/mol. The number of amides is 2. The largest absolute Gasteiger partial charge is 0.301 e. The Morgan fingerprint density at radius 2 is 2.22 bits per heavy atom. The van der Waals surface area contributed by atoms with Crippen LogP contribution in [0.3, 0.4) is 0 Å². The van der Waals surface area contributed by atoms with Crippen molar-refractivity contribution in [3.8, 4) is 0 Å². The molecule has 4 nitrogen and oxygen atoms in total. The van der Waals surface area contributed by atoms with Crippen LogP contribution in [0.1, 0.15) is 12.0 Å². The van der Waals surface area contributed by atoms with Gasteiger partial charge in [-0.25, -0.2) is 4.39 Å². The summed E-state index contributed by atoms with van der Waals surface area (Å²) in [7, 11) is 1.43. The molecule has 0 radical (unpaired) electrons. The van der Waals surface area contributed by atoms with Crippen LogP contribution in [0.4, 0.5) is 4.39 Å². The fourth-order valence-electron chi connectivity index (χ4n) is 1.84. The Hall–Kier alpha value is -1.46. The molecule has 1 atom stereocenters. The van der Waals surface area contributed by atoms with E-state index in [1.54, 1.807) is 6.07 Å². The number of likely N-dealkylation sites (N-methyl/N-ethyl adjacent to an activating group) is 1. The summed E-state index contributed by atoms with van der Waals surface area (Å²) >= 11 is 5.87. The van der Waals surface area contributed by atoms with E-state index in [0.717, 1.165) is 4.90 Å². The fraction of sp³-hybridized carbons (Fsp3) is 0.333. The lowest BCUT2D eigenvalue weighted by Crippen LogP contribution is -2.36. The Bertz CT molecular complexity index is 487. The highest BCUT2D eigenvalue weighted by Crippen LogP contribution is 2.19. The smallest absolute Gasteiger partial charge is 0.246 e. The minimum Gasteiger partial charge on any atom is -0.301 e. The number of rotatable bonds is 3. The van der Waals surface area contributed by atoms with Gasteiger partial charge in [-0.1, -0.05) is 17.7 Å². The topological polar surface area (TPSA) is 49.4 Å². The number of benzene rings is 1. The van der Waals surface area contributed by atoms with Crippen molar-refractivity contribution in [2.45, 2.75) is 19.0 Å². The number of hydrogen-bond acceptors (Lipinski definition) is 3. The summed E-state index contributed by atoms with van der Waals surface area (Å²) in [6.07, 6.45) is 0.0986. The van der Waals surface area contributed by atoms with Crippen LogP contribution in [0.25, 0.3) is 0 Å². The normalized spacial score (nSPS) is 19.7. The molecule has 1 aromatic carbocycles. The van der Waals surface area contributed by atoms with Crippen molar-refractivity contribution in [1.29, 1.82) is 0 Å². The molecule has 2 amide bonds. The SMILES string of the molecule is CN1C(=O)CC(NCc2c(F)cccc2Cl)C1=O. The zero-order valence-corrected chi connectivity index (χ0v) is 10.5. The van der Waals surface area contributed by atoms with E-state index in [0.29, 0.717) is 10.6 Å². The number of carbonyl (C=O) groups is 2. The molecule has 1 saturated heterocycles. The van der Waals surface area contributed by atoms with Gasteiger partial charge < -0.3 is 5.32 Å². The van der Waals surface area contributed by atoms with E-state index in [4.69, 9.17) is 11.6 Å². The molecule has 0 saturated carbocycles. The molecular weight excluding hydrogens is 259 g/mol. The van der Waals surface area contributed by atoms with Gasteiger partial charge in [0.2, 0.25) is 11.8 Å². The first-order chi connectivity index (χ1) is 8.50. The second-order valence-corrected chi connectivity index (χ2v) is 4.54. The molecule has 0 spiro atoms. The highest BCUT2D eigenvalue weighted by atomic mass is 35.5. The van der Waals surface area contributed by atoms with Crippen LogP contribution in [-0.2, 0) is 16.1 Å². The molecule has 2 rings (SSSR count). The van der Waals surface area contributed by atoms with Gasteiger partial charge in [0.05, 0.1) is 12.5 Å². The fourth-order valence-corrected chi connectivity index (χ4v) is 2.07. The second-order valence-electron chi connectivity index (χ2n) is 4.13. The van der Waals surface area contributed by atoms with E-state index >= 15 is 0 Å². The van der Waals surface area contributed by atoms with Crippen molar-refractivity contribution in [3.63, 3.8) is 0 Å². The van der Waals surface area contributed by atoms with Crippen LogP contribution in [0.15, 0.2) is 18.2 Å². The van der Waals surface area contributed by atoms with Gasteiger partial charge in [0, 0.05) is 24.2 Å². The van der Waals surface area contributed by atoms with Crippen molar-refractivity contribution in [2.24, 2.45) is 0 Å². The second kappa shape index (κ2) is 5.04.